The number of hydrogen-bond donors (Lipinski definition) is 2. The Labute approximate surface area is 215 Å². The van der Waals surface area contributed by atoms with Crippen LogP contribution in [0.5, 0.6) is 11.5 Å². The van der Waals surface area contributed by atoms with E-state index < -0.39 is 12.0 Å². The van der Waals surface area contributed by atoms with Crippen molar-refractivity contribution >= 4 is 28.4 Å². The Kier molecular flexibility index (Phi) is 6.83. The van der Waals surface area contributed by atoms with E-state index in [0.29, 0.717) is 41.5 Å². The molecule has 0 saturated heterocycles. The van der Waals surface area contributed by atoms with E-state index in [-0.39, 0.29) is 11.8 Å². The molecule has 0 aliphatic carbocycles. The first kappa shape index (κ1) is 24.4. The Morgan fingerprint density at radius 2 is 1.70 bits per heavy atom. The van der Waals surface area contributed by atoms with E-state index in [9.17, 15) is 9.59 Å². The van der Waals surface area contributed by atoms with Crippen molar-refractivity contribution in [2.45, 2.75) is 12.0 Å². The van der Waals surface area contributed by atoms with Crippen molar-refractivity contribution in [2.24, 2.45) is 0 Å². The number of nitrogens with one attached hydrogen (secondary N) is 2. The minimum atomic E-state index is -0.668. The Bertz CT molecular complexity index is 1450. The molecule has 0 saturated carbocycles. The number of benzene rings is 3. The van der Waals surface area contributed by atoms with Crippen molar-refractivity contribution in [1.29, 1.82) is 0 Å². The molecule has 2 amide bonds. The monoisotopic (exact) mass is 499 g/mol. The molecule has 5 rings (SSSR count). The van der Waals surface area contributed by atoms with Gasteiger partial charge in [0.25, 0.3) is 5.91 Å². The third-order valence-corrected chi connectivity index (χ3v) is 6.85. The summed E-state index contributed by atoms with van der Waals surface area (Å²) in [6, 6.07) is 19.9. The molecule has 0 radical (unpaired) electrons. The highest BCUT2D eigenvalue weighted by Gasteiger charge is 2.44. The number of hydrogen-bond acceptors (Lipinski definition) is 5. The Morgan fingerprint density at radius 3 is 2.49 bits per heavy atom. The summed E-state index contributed by atoms with van der Waals surface area (Å²) in [6.45, 7) is 0.685. The molecule has 1 aliphatic rings. The number of anilines is 1. The largest absolute Gasteiger partial charge is 0.493 e. The lowest BCUT2D eigenvalue weighted by Gasteiger charge is -2.41. The van der Waals surface area contributed by atoms with Gasteiger partial charge >= 0.3 is 0 Å². The van der Waals surface area contributed by atoms with E-state index >= 15 is 0 Å². The van der Waals surface area contributed by atoms with Crippen LogP contribution in [0.2, 0.25) is 0 Å². The second-order valence-electron chi connectivity index (χ2n) is 8.85. The summed E-state index contributed by atoms with van der Waals surface area (Å²) in [6.07, 6.45) is 1.90. The first-order chi connectivity index (χ1) is 18.1. The molecule has 2 N–H and O–H groups in total. The van der Waals surface area contributed by atoms with Gasteiger partial charge in [-0.2, -0.15) is 0 Å². The molecule has 37 heavy (non-hydrogen) atoms. The van der Waals surface area contributed by atoms with Crippen LogP contribution in [0.1, 0.15) is 33.4 Å². The molecule has 1 aromatic heterocycles. The average Bonchev–Trinajstić information content (AvgIpc) is 3.36. The van der Waals surface area contributed by atoms with Gasteiger partial charge < -0.3 is 29.4 Å². The first-order valence-electron chi connectivity index (χ1n) is 12.0. The van der Waals surface area contributed by atoms with Crippen molar-refractivity contribution in [1.82, 2.24) is 9.88 Å². The fourth-order valence-corrected chi connectivity index (χ4v) is 5.13. The number of amides is 2. The number of carbonyl (C=O) groups excluding carboxylic acids is 2. The molecule has 2 atom stereocenters. The van der Waals surface area contributed by atoms with Crippen LogP contribution in [0, 0.1) is 0 Å². The second-order valence-corrected chi connectivity index (χ2v) is 8.85. The molecule has 0 spiro atoms. The quantitative estimate of drug-likeness (QED) is 0.365. The number of fused-ring (bicyclic) bond motifs is 2. The fourth-order valence-electron chi connectivity index (χ4n) is 5.13. The Balaban J connectivity index is 1.64. The zero-order chi connectivity index (χ0) is 25.9. The number of aromatic amines is 1. The molecule has 0 unspecified atom stereocenters. The number of H-pyrrole nitrogens is 1. The van der Waals surface area contributed by atoms with Gasteiger partial charge in [-0.1, -0.05) is 36.4 Å². The normalized spacial score (nSPS) is 16.9. The van der Waals surface area contributed by atoms with Crippen LogP contribution < -0.4 is 14.8 Å². The molecule has 190 valence electrons. The number of carbonyl (C=O) groups is 2. The van der Waals surface area contributed by atoms with Crippen LogP contribution in [0.3, 0.4) is 0 Å². The summed E-state index contributed by atoms with van der Waals surface area (Å²) in [5.74, 6) is 0.0481. The minimum absolute atomic E-state index is 0.127. The predicted molar refractivity (Wildman–Crippen MR) is 141 cm³/mol. The van der Waals surface area contributed by atoms with Crippen LogP contribution in [-0.2, 0) is 9.53 Å². The molecular weight excluding hydrogens is 470 g/mol. The number of methoxy groups -OCH3 is 3. The van der Waals surface area contributed by atoms with Crippen LogP contribution >= 0.6 is 0 Å². The lowest BCUT2D eigenvalue weighted by molar-refractivity contribution is -0.119. The third kappa shape index (κ3) is 4.40. The molecule has 8 nitrogen and oxygen atoms in total. The van der Waals surface area contributed by atoms with Gasteiger partial charge in [-0.3, -0.25) is 9.59 Å². The summed E-state index contributed by atoms with van der Waals surface area (Å²) in [5, 5.41) is 4.02. The van der Waals surface area contributed by atoms with Gasteiger partial charge in [0.15, 0.2) is 11.5 Å². The standard InChI is InChI=1S/C29H29N3O5/c1-35-15-14-32-27(22-17-30-23-11-7-6-8-19(22)23)26(20-9-4-5-10-21(20)29(32)34)28(33)31-18-12-13-24(36-2)25(16-18)37-3/h4-13,16-17,26-27,30H,14-15H2,1-3H3,(H,31,33)/t26-,27+/m0/s1. The van der Waals surface area contributed by atoms with Crippen molar-refractivity contribution in [3.63, 3.8) is 0 Å². The number of aromatic nitrogens is 1. The molecule has 1 aliphatic heterocycles. The molecular formula is C29H29N3O5. The number of ether oxygens (including phenoxy) is 3. The zero-order valence-corrected chi connectivity index (χ0v) is 21.0. The zero-order valence-electron chi connectivity index (χ0n) is 21.0. The van der Waals surface area contributed by atoms with Gasteiger partial charge in [0.2, 0.25) is 5.91 Å². The minimum Gasteiger partial charge on any atom is -0.493 e. The van der Waals surface area contributed by atoms with Gasteiger partial charge in [-0.15, -0.1) is 0 Å². The molecule has 3 aromatic carbocycles. The smallest absolute Gasteiger partial charge is 0.254 e. The Hall–Kier alpha value is -4.30. The first-order valence-corrected chi connectivity index (χ1v) is 12.0. The topological polar surface area (TPSA) is 92.9 Å². The van der Waals surface area contributed by atoms with Crippen molar-refractivity contribution in [3.8, 4) is 11.5 Å². The summed E-state index contributed by atoms with van der Waals surface area (Å²) in [5.41, 5.74) is 3.59. The highest BCUT2D eigenvalue weighted by atomic mass is 16.5. The van der Waals surface area contributed by atoms with Gasteiger partial charge in [-0.25, -0.2) is 0 Å². The Morgan fingerprint density at radius 1 is 0.946 bits per heavy atom. The maximum Gasteiger partial charge on any atom is 0.254 e. The number of rotatable bonds is 8. The molecule has 0 bridgehead atoms. The number of nitrogens with zero attached hydrogens (tertiary/aromatic N) is 1. The van der Waals surface area contributed by atoms with E-state index in [1.807, 2.05) is 48.7 Å². The van der Waals surface area contributed by atoms with Crippen LogP contribution in [-0.4, -0.2) is 56.2 Å². The van der Waals surface area contributed by atoms with Crippen molar-refractivity contribution < 1.29 is 23.8 Å². The molecule has 2 heterocycles. The van der Waals surface area contributed by atoms with Crippen molar-refractivity contribution in [2.75, 3.05) is 39.8 Å². The SMILES string of the molecule is COCCN1C(=O)c2ccccc2[C@H](C(=O)Nc2ccc(OC)c(OC)c2)[C@H]1c1c[nH]c2ccccc12. The predicted octanol–water partition coefficient (Wildman–Crippen LogP) is 4.75. The van der Waals surface area contributed by atoms with Crippen LogP contribution in [0.25, 0.3) is 10.9 Å². The van der Waals surface area contributed by atoms with Crippen LogP contribution in [0.4, 0.5) is 5.69 Å². The summed E-state index contributed by atoms with van der Waals surface area (Å²) >= 11 is 0. The maximum absolute atomic E-state index is 14.1. The van der Waals surface area contributed by atoms with Gasteiger partial charge in [-0.05, 0) is 29.8 Å². The number of para-hydroxylation sites is 1. The second kappa shape index (κ2) is 10.4. The highest BCUT2D eigenvalue weighted by molar-refractivity contribution is 6.05. The maximum atomic E-state index is 14.1. The molecule has 4 aromatic rings. The lowest BCUT2D eigenvalue weighted by Crippen LogP contribution is -2.47. The molecule has 0 fully saturated rings. The van der Waals surface area contributed by atoms with Crippen LogP contribution in [0.15, 0.2) is 72.9 Å². The van der Waals surface area contributed by atoms with E-state index in [4.69, 9.17) is 14.2 Å². The van der Waals surface area contributed by atoms with Gasteiger partial charge in [0, 0.05) is 53.6 Å². The third-order valence-electron chi connectivity index (χ3n) is 6.85. The lowest BCUT2D eigenvalue weighted by atomic mass is 9.79. The van der Waals surface area contributed by atoms with Crippen molar-refractivity contribution in [3.05, 3.63) is 89.6 Å². The van der Waals surface area contributed by atoms with Gasteiger partial charge in [0.05, 0.1) is 32.8 Å². The van der Waals surface area contributed by atoms with Gasteiger partial charge in [0.1, 0.15) is 0 Å². The molecule has 8 heteroatoms. The van der Waals surface area contributed by atoms with E-state index in [1.54, 1.807) is 50.5 Å². The summed E-state index contributed by atoms with van der Waals surface area (Å²) in [4.78, 5) is 32.9. The van der Waals surface area contributed by atoms with E-state index in [0.717, 1.165) is 16.5 Å². The average molecular weight is 500 g/mol. The summed E-state index contributed by atoms with van der Waals surface area (Å²) < 4.78 is 16.1. The van der Waals surface area contributed by atoms with E-state index in [1.165, 1.54) is 0 Å². The van der Waals surface area contributed by atoms with E-state index in [2.05, 4.69) is 10.3 Å². The highest BCUT2D eigenvalue weighted by Crippen LogP contribution is 2.45. The fraction of sp³-hybridized carbons (Fsp3) is 0.241. The summed E-state index contributed by atoms with van der Waals surface area (Å²) in [7, 11) is 4.71.